The smallest absolute Gasteiger partial charge is 0.125 e. The van der Waals surface area contributed by atoms with Crippen molar-refractivity contribution < 1.29 is 0 Å². The van der Waals surface area contributed by atoms with Crippen LogP contribution >= 0.6 is 0 Å². The summed E-state index contributed by atoms with van der Waals surface area (Å²) >= 11 is 0. The van der Waals surface area contributed by atoms with E-state index in [9.17, 15) is 0 Å². The maximum absolute atomic E-state index is 5.78. The second-order valence-electron chi connectivity index (χ2n) is 4.74. The number of nitrogens with zero attached hydrogens (tertiary/aromatic N) is 1. The van der Waals surface area contributed by atoms with Gasteiger partial charge in [0.1, 0.15) is 5.84 Å². The van der Waals surface area contributed by atoms with Crippen LogP contribution in [0.3, 0.4) is 0 Å². The van der Waals surface area contributed by atoms with Crippen LogP contribution in [0.4, 0.5) is 0 Å². The SMILES string of the molecule is C=CN.CN=C(N)c1ccc(-c2ccc(C)cc2C)cc1. The van der Waals surface area contributed by atoms with E-state index in [1.54, 1.807) is 7.05 Å². The molecular weight excluding hydrogens is 258 g/mol. The highest BCUT2D eigenvalue weighted by molar-refractivity contribution is 5.97. The van der Waals surface area contributed by atoms with E-state index in [1.165, 1.54) is 28.5 Å². The Morgan fingerprint density at radius 1 is 1.10 bits per heavy atom. The topological polar surface area (TPSA) is 64.4 Å². The minimum Gasteiger partial charge on any atom is -0.405 e. The molecule has 0 saturated carbocycles. The van der Waals surface area contributed by atoms with Crippen LogP contribution in [0.15, 0.2) is 60.2 Å². The van der Waals surface area contributed by atoms with Crippen LogP contribution in [0.1, 0.15) is 16.7 Å². The zero-order valence-corrected chi connectivity index (χ0v) is 12.9. The third kappa shape index (κ3) is 4.49. The van der Waals surface area contributed by atoms with Gasteiger partial charge in [0.05, 0.1) is 0 Å². The van der Waals surface area contributed by atoms with Crippen molar-refractivity contribution in [2.45, 2.75) is 13.8 Å². The van der Waals surface area contributed by atoms with Gasteiger partial charge in [0.25, 0.3) is 0 Å². The average molecular weight is 281 g/mol. The summed E-state index contributed by atoms with van der Waals surface area (Å²) in [6.07, 6.45) is 1.25. The molecule has 0 aromatic heterocycles. The maximum atomic E-state index is 5.78. The van der Waals surface area contributed by atoms with E-state index in [2.05, 4.69) is 61.5 Å². The van der Waals surface area contributed by atoms with Crippen LogP contribution in [0, 0.1) is 13.8 Å². The van der Waals surface area contributed by atoms with Crippen molar-refractivity contribution >= 4 is 5.84 Å². The minimum atomic E-state index is 0.571. The Balaban J connectivity index is 0.000000677. The largest absolute Gasteiger partial charge is 0.405 e. The van der Waals surface area contributed by atoms with Crippen molar-refractivity contribution in [3.8, 4) is 11.1 Å². The van der Waals surface area contributed by atoms with Crippen LogP contribution in [-0.2, 0) is 0 Å². The Bertz CT molecular complexity index is 625. The normalized spacial score (nSPS) is 10.5. The number of hydrogen-bond acceptors (Lipinski definition) is 2. The Morgan fingerprint density at radius 2 is 1.67 bits per heavy atom. The first-order chi connectivity index (χ1) is 10.0. The Labute approximate surface area is 127 Å². The first-order valence-electron chi connectivity index (χ1n) is 6.76. The molecule has 0 fully saturated rings. The molecule has 0 radical (unpaired) electrons. The number of nitrogens with two attached hydrogens (primary N) is 2. The molecule has 0 aliphatic heterocycles. The van der Waals surface area contributed by atoms with E-state index in [1.807, 2.05) is 12.1 Å². The summed E-state index contributed by atoms with van der Waals surface area (Å²) < 4.78 is 0. The lowest BCUT2D eigenvalue weighted by Crippen LogP contribution is -2.12. The summed E-state index contributed by atoms with van der Waals surface area (Å²) in [4.78, 5) is 3.98. The first kappa shape index (κ1) is 16.5. The third-order valence-electron chi connectivity index (χ3n) is 3.11. The predicted octanol–water partition coefficient (Wildman–Crippen LogP) is 3.39. The fourth-order valence-corrected chi connectivity index (χ4v) is 2.09. The molecule has 2 aromatic carbocycles. The lowest BCUT2D eigenvalue weighted by Gasteiger charge is -2.08. The lowest BCUT2D eigenvalue weighted by molar-refractivity contribution is 1.37. The quantitative estimate of drug-likeness (QED) is 0.654. The molecule has 0 amide bonds. The molecule has 0 unspecified atom stereocenters. The first-order valence-corrected chi connectivity index (χ1v) is 6.76. The summed E-state index contributed by atoms with van der Waals surface area (Å²) in [7, 11) is 1.70. The molecule has 3 nitrogen and oxygen atoms in total. The molecule has 0 aliphatic carbocycles. The van der Waals surface area contributed by atoms with Gasteiger partial charge in [0, 0.05) is 12.6 Å². The fraction of sp³-hybridized carbons (Fsp3) is 0.167. The zero-order chi connectivity index (χ0) is 15.8. The molecule has 3 heteroatoms. The van der Waals surface area contributed by atoms with E-state index in [4.69, 9.17) is 5.73 Å². The van der Waals surface area contributed by atoms with Gasteiger partial charge in [-0.15, -0.1) is 0 Å². The van der Waals surface area contributed by atoms with Crippen molar-refractivity contribution in [1.29, 1.82) is 0 Å². The molecule has 0 aliphatic rings. The maximum Gasteiger partial charge on any atom is 0.125 e. The molecule has 4 N–H and O–H groups in total. The number of amidine groups is 1. The molecule has 0 saturated heterocycles. The van der Waals surface area contributed by atoms with Crippen LogP contribution in [0.25, 0.3) is 11.1 Å². The number of aliphatic imine (C=N–C) groups is 1. The minimum absolute atomic E-state index is 0.571. The van der Waals surface area contributed by atoms with Gasteiger partial charge in [-0.1, -0.05) is 54.6 Å². The van der Waals surface area contributed by atoms with E-state index in [-0.39, 0.29) is 0 Å². The summed E-state index contributed by atoms with van der Waals surface area (Å²) in [6.45, 7) is 7.39. The Morgan fingerprint density at radius 3 is 2.14 bits per heavy atom. The molecule has 0 bridgehead atoms. The highest BCUT2D eigenvalue weighted by Crippen LogP contribution is 2.24. The monoisotopic (exact) mass is 281 g/mol. The zero-order valence-electron chi connectivity index (χ0n) is 12.9. The number of rotatable bonds is 2. The van der Waals surface area contributed by atoms with E-state index in [0.717, 1.165) is 5.56 Å². The summed E-state index contributed by atoms with van der Waals surface area (Å²) in [5, 5.41) is 0. The summed E-state index contributed by atoms with van der Waals surface area (Å²) in [6, 6.07) is 14.7. The molecule has 21 heavy (non-hydrogen) atoms. The highest BCUT2D eigenvalue weighted by atomic mass is 14.8. The van der Waals surface area contributed by atoms with Gasteiger partial charge in [-0.2, -0.15) is 0 Å². The van der Waals surface area contributed by atoms with Crippen LogP contribution in [-0.4, -0.2) is 12.9 Å². The predicted molar refractivity (Wildman–Crippen MR) is 92.4 cm³/mol. The number of hydrogen-bond donors (Lipinski definition) is 2. The van der Waals surface area contributed by atoms with Crippen LogP contribution < -0.4 is 11.5 Å². The van der Waals surface area contributed by atoms with Gasteiger partial charge < -0.3 is 11.5 Å². The average Bonchev–Trinajstić information content (AvgIpc) is 2.47. The molecule has 0 atom stereocenters. The van der Waals surface area contributed by atoms with Gasteiger partial charge in [-0.05, 0) is 36.7 Å². The lowest BCUT2D eigenvalue weighted by atomic mass is 9.98. The van der Waals surface area contributed by atoms with E-state index >= 15 is 0 Å². The van der Waals surface area contributed by atoms with Crippen LogP contribution in [0.5, 0.6) is 0 Å². The van der Waals surface area contributed by atoms with Crippen molar-refractivity contribution in [3.63, 3.8) is 0 Å². The highest BCUT2D eigenvalue weighted by Gasteiger charge is 2.03. The third-order valence-corrected chi connectivity index (χ3v) is 3.11. The molecule has 0 heterocycles. The second kappa shape index (κ2) is 7.90. The molecule has 0 spiro atoms. The van der Waals surface area contributed by atoms with Gasteiger partial charge in [-0.25, -0.2) is 0 Å². The summed E-state index contributed by atoms with van der Waals surface area (Å²) in [5.41, 5.74) is 16.4. The standard InChI is InChI=1S/C16H18N2.C2H5N/c1-11-4-9-15(12(2)10-11)13-5-7-14(8-6-13)16(17)18-3;1-2-3/h4-10H,1-3H3,(H2,17,18);2H,1,3H2. The van der Waals surface area contributed by atoms with Crippen molar-refractivity contribution in [3.05, 3.63) is 71.9 Å². The number of benzene rings is 2. The van der Waals surface area contributed by atoms with Crippen molar-refractivity contribution in [2.75, 3.05) is 7.05 Å². The molecule has 110 valence electrons. The molecular formula is C18H23N3. The Kier molecular flexibility index (Phi) is 6.21. The van der Waals surface area contributed by atoms with Crippen molar-refractivity contribution in [2.24, 2.45) is 16.5 Å². The number of aryl methyl sites for hydroxylation is 2. The van der Waals surface area contributed by atoms with Gasteiger partial charge in [0.15, 0.2) is 0 Å². The van der Waals surface area contributed by atoms with Crippen LogP contribution in [0.2, 0.25) is 0 Å². The second-order valence-corrected chi connectivity index (χ2v) is 4.74. The van der Waals surface area contributed by atoms with E-state index < -0.39 is 0 Å². The van der Waals surface area contributed by atoms with Gasteiger partial charge in [0.2, 0.25) is 0 Å². The van der Waals surface area contributed by atoms with Crippen molar-refractivity contribution in [1.82, 2.24) is 0 Å². The molecule has 2 aromatic rings. The summed E-state index contributed by atoms with van der Waals surface area (Å²) in [5.74, 6) is 0.571. The van der Waals surface area contributed by atoms with Gasteiger partial charge in [-0.3, -0.25) is 4.99 Å². The van der Waals surface area contributed by atoms with E-state index in [0.29, 0.717) is 5.84 Å². The van der Waals surface area contributed by atoms with Gasteiger partial charge >= 0.3 is 0 Å². The Hall–Kier alpha value is -2.55. The molecule has 2 rings (SSSR count). The fourth-order valence-electron chi connectivity index (χ4n) is 2.09.